The minimum absolute atomic E-state index is 0.0456. The molecule has 20 heavy (non-hydrogen) atoms. The Morgan fingerprint density at radius 2 is 1.95 bits per heavy atom. The maximum absolute atomic E-state index is 12.4. The number of aromatic amines is 1. The molecule has 0 fully saturated rings. The Morgan fingerprint density at radius 3 is 2.60 bits per heavy atom. The molecule has 1 aromatic carbocycles. The van der Waals surface area contributed by atoms with Crippen LogP contribution in [0, 0.1) is 5.41 Å². The average Bonchev–Trinajstić information content (AvgIpc) is 2.71. The van der Waals surface area contributed by atoms with Crippen molar-refractivity contribution in [3.8, 4) is 0 Å². The smallest absolute Gasteiger partial charge is 0.251 e. The summed E-state index contributed by atoms with van der Waals surface area (Å²) in [6, 6.07) is 5.58. The highest BCUT2D eigenvalue weighted by Crippen LogP contribution is 2.27. The molecule has 1 heterocycles. The summed E-state index contributed by atoms with van der Waals surface area (Å²) >= 11 is 0. The molecule has 4 nitrogen and oxygen atoms in total. The second-order valence-corrected chi connectivity index (χ2v) is 7.25. The van der Waals surface area contributed by atoms with E-state index in [2.05, 4.69) is 50.1 Å². The molecule has 2 N–H and O–H groups in total. The van der Waals surface area contributed by atoms with E-state index < -0.39 is 0 Å². The molecule has 0 aliphatic carbocycles. The lowest BCUT2D eigenvalue weighted by Crippen LogP contribution is -2.45. The van der Waals surface area contributed by atoms with E-state index >= 15 is 0 Å². The number of rotatable bonds is 3. The highest BCUT2D eigenvalue weighted by atomic mass is 16.1. The minimum atomic E-state index is -0.238. The Kier molecular flexibility index (Phi) is 3.59. The third-order valence-corrected chi connectivity index (χ3v) is 3.13. The van der Waals surface area contributed by atoms with Gasteiger partial charge in [0.2, 0.25) is 0 Å². The van der Waals surface area contributed by atoms with Crippen molar-refractivity contribution in [1.29, 1.82) is 0 Å². The van der Waals surface area contributed by atoms with Gasteiger partial charge < -0.3 is 5.32 Å². The lowest BCUT2D eigenvalue weighted by Gasteiger charge is -2.33. The molecular formula is C16H23N3O. The van der Waals surface area contributed by atoms with Gasteiger partial charge in [-0.05, 0) is 37.8 Å². The number of carbonyl (C=O) groups excluding carboxylic acids is 1. The number of amides is 1. The molecule has 0 saturated carbocycles. The van der Waals surface area contributed by atoms with Gasteiger partial charge >= 0.3 is 0 Å². The molecule has 0 spiro atoms. The van der Waals surface area contributed by atoms with Crippen molar-refractivity contribution < 1.29 is 4.79 Å². The lowest BCUT2D eigenvalue weighted by molar-refractivity contribution is 0.0891. The molecule has 0 bridgehead atoms. The van der Waals surface area contributed by atoms with Gasteiger partial charge in [-0.2, -0.15) is 5.10 Å². The van der Waals surface area contributed by atoms with E-state index in [1.165, 1.54) is 0 Å². The van der Waals surface area contributed by atoms with E-state index in [9.17, 15) is 4.79 Å². The highest BCUT2D eigenvalue weighted by Gasteiger charge is 2.27. The van der Waals surface area contributed by atoms with Gasteiger partial charge in [-0.15, -0.1) is 0 Å². The van der Waals surface area contributed by atoms with E-state index in [1.807, 2.05) is 18.2 Å². The first-order valence-electron chi connectivity index (χ1n) is 6.92. The Balaban J connectivity index is 2.14. The topological polar surface area (TPSA) is 57.8 Å². The second kappa shape index (κ2) is 4.93. The zero-order valence-corrected chi connectivity index (χ0v) is 12.9. The van der Waals surface area contributed by atoms with E-state index in [1.54, 1.807) is 6.20 Å². The molecule has 1 amide bonds. The van der Waals surface area contributed by atoms with Crippen LogP contribution >= 0.6 is 0 Å². The maximum Gasteiger partial charge on any atom is 0.251 e. The first-order chi connectivity index (χ1) is 9.16. The van der Waals surface area contributed by atoms with Crippen LogP contribution in [-0.2, 0) is 0 Å². The standard InChI is InChI=1S/C16H23N3O/c1-15(2,3)10-16(4,5)18-14(20)11-6-7-12-9-17-19-13(12)8-11/h6-9H,10H2,1-5H3,(H,17,19)(H,18,20). The van der Waals surface area contributed by atoms with Crippen LogP contribution in [0.5, 0.6) is 0 Å². The van der Waals surface area contributed by atoms with Gasteiger partial charge in [0.15, 0.2) is 0 Å². The third kappa shape index (κ3) is 3.59. The summed E-state index contributed by atoms with van der Waals surface area (Å²) in [4.78, 5) is 12.4. The fraction of sp³-hybridized carbons (Fsp3) is 0.500. The summed E-state index contributed by atoms with van der Waals surface area (Å²) in [6.07, 6.45) is 2.67. The Bertz CT molecular complexity index is 620. The monoisotopic (exact) mass is 273 g/mol. The molecule has 0 atom stereocenters. The van der Waals surface area contributed by atoms with E-state index in [0.29, 0.717) is 5.56 Å². The third-order valence-electron chi connectivity index (χ3n) is 3.13. The fourth-order valence-electron chi connectivity index (χ4n) is 2.83. The lowest BCUT2D eigenvalue weighted by atomic mass is 9.81. The van der Waals surface area contributed by atoms with Crippen molar-refractivity contribution >= 4 is 16.8 Å². The highest BCUT2D eigenvalue weighted by molar-refractivity contribution is 5.98. The van der Waals surface area contributed by atoms with Crippen LogP contribution in [0.1, 0.15) is 51.4 Å². The van der Waals surface area contributed by atoms with Gasteiger partial charge in [-0.3, -0.25) is 9.89 Å². The molecule has 0 unspecified atom stereocenters. The van der Waals surface area contributed by atoms with Crippen molar-refractivity contribution in [2.24, 2.45) is 5.41 Å². The van der Waals surface area contributed by atoms with Gasteiger partial charge in [0.25, 0.3) is 5.91 Å². The number of aromatic nitrogens is 2. The molecule has 0 radical (unpaired) electrons. The molecular weight excluding hydrogens is 250 g/mol. The molecule has 0 saturated heterocycles. The summed E-state index contributed by atoms with van der Waals surface area (Å²) in [5.74, 6) is -0.0456. The summed E-state index contributed by atoms with van der Waals surface area (Å²) in [5.41, 5.74) is 1.47. The van der Waals surface area contributed by atoms with E-state index in [0.717, 1.165) is 17.3 Å². The van der Waals surface area contributed by atoms with Crippen molar-refractivity contribution in [1.82, 2.24) is 15.5 Å². The first kappa shape index (κ1) is 14.6. The normalized spacial score (nSPS) is 12.7. The first-order valence-corrected chi connectivity index (χ1v) is 6.92. The fourth-order valence-corrected chi connectivity index (χ4v) is 2.83. The number of nitrogens with one attached hydrogen (secondary N) is 2. The number of hydrogen-bond acceptors (Lipinski definition) is 2. The number of nitrogens with zero attached hydrogens (tertiary/aromatic N) is 1. The van der Waals surface area contributed by atoms with Crippen LogP contribution in [-0.4, -0.2) is 21.6 Å². The van der Waals surface area contributed by atoms with E-state index in [4.69, 9.17) is 0 Å². The molecule has 1 aromatic heterocycles. The summed E-state index contributed by atoms with van der Waals surface area (Å²) in [6.45, 7) is 10.7. The van der Waals surface area contributed by atoms with Crippen molar-refractivity contribution in [2.45, 2.75) is 46.6 Å². The van der Waals surface area contributed by atoms with Crippen LogP contribution in [0.3, 0.4) is 0 Å². The quantitative estimate of drug-likeness (QED) is 0.899. The van der Waals surface area contributed by atoms with Gasteiger partial charge in [0, 0.05) is 16.5 Å². The molecule has 0 aliphatic rings. The van der Waals surface area contributed by atoms with Crippen LogP contribution in [0.4, 0.5) is 0 Å². The zero-order valence-electron chi connectivity index (χ0n) is 12.9. The van der Waals surface area contributed by atoms with Crippen LogP contribution in [0.2, 0.25) is 0 Å². The predicted molar refractivity (Wildman–Crippen MR) is 81.7 cm³/mol. The van der Waals surface area contributed by atoms with E-state index in [-0.39, 0.29) is 16.9 Å². The van der Waals surface area contributed by atoms with Gasteiger partial charge in [-0.25, -0.2) is 0 Å². The Morgan fingerprint density at radius 1 is 1.25 bits per heavy atom. The largest absolute Gasteiger partial charge is 0.347 e. The van der Waals surface area contributed by atoms with Crippen molar-refractivity contribution in [3.63, 3.8) is 0 Å². The molecule has 108 valence electrons. The summed E-state index contributed by atoms with van der Waals surface area (Å²) in [7, 11) is 0. The summed E-state index contributed by atoms with van der Waals surface area (Å²) in [5, 5.41) is 11.0. The zero-order chi connectivity index (χ0) is 15.0. The van der Waals surface area contributed by atoms with Crippen LogP contribution in [0.15, 0.2) is 24.4 Å². The van der Waals surface area contributed by atoms with Crippen LogP contribution in [0.25, 0.3) is 10.9 Å². The molecule has 2 rings (SSSR count). The van der Waals surface area contributed by atoms with Crippen LogP contribution < -0.4 is 5.32 Å². The number of H-pyrrole nitrogens is 1. The molecule has 4 heteroatoms. The van der Waals surface area contributed by atoms with Crippen molar-refractivity contribution in [2.75, 3.05) is 0 Å². The van der Waals surface area contributed by atoms with Gasteiger partial charge in [0.1, 0.15) is 0 Å². The Labute approximate surface area is 120 Å². The average molecular weight is 273 g/mol. The second-order valence-electron chi connectivity index (χ2n) is 7.25. The number of benzene rings is 1. The predicted octanol–water partition coefficient (Wildman–Crippen LogP) is 3.51. The number of carbonyl (C=O) groups is 1. The van der Waals surface area contributed by atoms with Gasteiger partial charge in [0.05, 0.1) is 11.7 Å². The minimum Gasteiger partial charge on any atom is -0.347 e. The molecule has 2 aromatic rings. The number of hydrogen-bond donors (Lipinski definition) is 2. The summed E-state index contributed by atoms with van der Waals surface area (Å²) < 4.78 is 0. The molecule has 0 aliphatic heterocycles. The Hall–Kier alpha value is -1.84. The van der Waals surface area contributed by atoms with Crippen molar-refractivity contribution in [3.05, 3.63) is 30.0 Å². The number of fused-ring (bicyclic) bond motifs is 1. The SMILES string of the molecule is CC(C)(C)CC(C)(C)NC(=O)c1ccc2cn[nH]c2c1. The maximum atomic E-state index is 12.4. The van der Waals surface area contributed by atoms with Gasteiger partial charge in [-0.1, -0.05) is 26.8 Å².